The molecule has 20 heavy (non-hydrogen) atoms. The summed E-state index contributed by atoms with van der Waals surface area (Å²) in [5.41, 5.74) is 2.92. The number of pyridine rings is 1. The predicted octanol–water partition coefficient (Wildman–Crippen LogP) is 0.672. The van der Waals surface area contributed by atoms with Gasteiger partial charge in [-0.25, -0.2) is 18.1 Å². The van der Waals surface area contributed by atoms with Crippen LogP contribution >= 0.6 is 0 Å². The van der Waals surface area contributed by atoms with E-state index in [1.54, 1.807) is 6.92 Å². The molecule has 0 radical (unpaired) electrons. The third-order valence-corrected chi connectivity index (χ3v) is 4.50. The number of hydrogen-bond acceptors (Lipinski definition) is 4. The minimum atomic E-state index is -3.16. The lowest BCUT2D eigenvalue weighted by molar-refractivity contribution is 0.578. The third kappa shape index (κ3) is 3.56. The molecule has 2 aromatic rings. The van der Waals surface area contributed by atoms with E-state index in [4.69, 9.17) is 0 Å². The first kappa shape index (κ1) is 15.0. The van der Waals surface area contributed by atoms with Crippen molar-refractivity contribution in [1.82, 2.24) is 19.4 Å². The SMILES string of the molecule is CCNS(=O)(=O)CCNCc1c(C)nc2ccccn12. The van der Waals surface area contributed by atoms with Crippen LogP contribution in [0.15, 0.2) is 24.4 Å². The van der Waals surface area contributed by atoms with Gasteiger partial charge in [0.25, 0.3) is 0 Å². The van der Waals surface area contributed by atoms with Gasteiger partial charge in [0.1, 0.15) is 5.65 Å². The lowest BCUT2D eigenvalue weighted by Gasteiger charge is -2.07. The van der Waals surface area contributed by atoms with Gasteiger partial charge in [-0.15, -0.1) is 0 Å². The summed E-state index contributed by atoms with van der Waals surface area (Å²) in [4.78, 5) is 4.46. The molecule has 2 N–H and O–H groups in total. The van der Waals surface area contributed by atoms with Gasteiger partial charge in [-0.05, 0) is 19.1 Å². The molecule has 0 atom stereocenters. The number of rotatable bonds is 7. The Kier molecular flexibility index (Phi) is 4.74. The van der Waals surface area contributed by atoms with Gasteiger partial charge >= 0.3 is 0 Å². The van der Waals surface area contributed by atoms with E-state index in [0.717, 1.165) is 17.0 Å². The molecule has 0 aliphatic carbocycles. The second-order valence-corrected chi connectivity index (χ2v) is 6.49. The largest absolute Gasteiger partial charge is 0.310 e. The maximum Gasteiger partial charge on any atom is 0.212 e. The number of sulfonamides is 1. The topological polar surface area (TPSA) is 75.5 Å². The van der Waals surface area contributed by atoms with Crippen LogP contribution in [0.2, 0.25) is 0 Å². The lowest BCUT2D eigenvalue weighted by atomic mass is 10.3. The molecule has 0 spiro atoms. The Morgan fingerprint density at radius 1 is 1.35 bits per heavy atom. The first-order chi connectivity index (χ1) is 9.53. The highest BCUT2D eigenvalue weighted by Crippen LogP contribution is 2.11. The molecule has 0 aromatic carbocycles. The standard InChI is InChI=1S/C13H20N4O2S/c1-3-15-20(18,19)9-7-14-10-12-11(2)16-13-6-4-5-8-17(12)13/h4-6,8,14-15H,3,7,9-10H2,1-2H3. The van der Waals surface area contributed by atoms with Gasteiger partial charge in [0.15, 0.2) is 0 Å². The molecule has 0 bridgehead atoms. The fourth-order valence-corrected chi connectivity index (χ4v) is 3.08. The Balaban J connectivity index is 1.95. The minimum absolute atomic E-state index is 0.0800. The van der Waals surface area contributed by atoms with E-state index in [-0.39, 0.29) is 5.75 Å². The first-order valence-electron chi connectivity index (χ1n) is 6.64. The molecule has 0 fully saturated rings. The van der Waals surface area contributed by atoms with Crippen LogP contribution in [-0.4, -0.2) is 36.6 Å². The van der Waals surface area contributed by atoms with Crippen molar-refractivity contribution < 1.29 is 8.42 Å². The van der Waals surface area contributed by atoms with Gasteiger partial charge in [0.05, 0.1) is 17.1 Å². The first-order valence-corrected chi connectivity index (χ1v) is 8.29. The highest BCUT2D eigenvalue weighted by atomic mass is 32.2. The lowest BCUT2D eigenvalue weighted by Crippen LogP contribution is -2.31. The van der Waals surface area contributed by atoms with E-state index in [0.29, 0.717) is 19.6 Å². The third-order valence-electron chi connectivity index (χ3n) is 3.03. The van der Waals surface area contributed by atoms with E-state index >= 15 is 0 Å². The maximum atomic E-state index is 11.5. The zero-order chi connectivity index (χ0) is 14.6. The Labute approximate surface area is 119 Å². The molecule has 6 nitrogen and oxygen atoms in total. The zero-order valence-corrected chi connectivity index (χ0v) is 12.6. The van der Waals surface area contributed by atoms with Crippen molar-refractivity contribution in [3.8, 4) is 0 Å². The van der Waals surface area contributed by atoms with Crippen LogP contribution in [0.25, 0.3) is 5.65 Å². The number of aromatic nitrogens is 2. The van der Waals surface area contributed by atoms with E-state index in [2.05, 4.69) is 15.0 Å². The molecule has 0 amide bonds. The maximum absolute atomic E-state index is 11.5. The molecular weight excluding hydrogens is 276 g/mol. The number of aryl methyl sites for hydroxylation is 1. The van der Waals surface area contributed by atoms with Gasteiger partial charge < -0.3 is 9.72 Å². The summed E-state index contributed by atoms with van der Waals surface area (Å²) in [5.74, 6) is 0.0800. The molecule has 110 valence electrons. The second-order valence-electron chi connectivity index (χ2n) is 4.57. The van der Waals surface area contributed by atoms with Gasteiger partial charge in [-0.2, -0.15) is 0 Å². The van der Waals surface area contributed by atoms with Crippen LogP contribution in [0.1, 0.15) is 18.3 Å². The van der Waals surface area contributed by atoms with Crippen molar-refractivity contribution in [3.05, 3.63) is 35.8 Å². The van der Waals surface area contributed by atoms with E-state index in [1.807, 2.05) is 35.7 Å². The number of hydrogen-bond donors (Lipinski definition) is 2. The van der Waals surface area contributed by atoms with Gasteiger partial charge in [0, 0.05) is 25.8 Å². The zero-order valence-electron chi connectivity index (χ0n) is 11.8. The smallest absolute Gasteiger partial charge is 0.212 e. The van der Waals surface area contributed by atoms with Gasteiger partial charge in [-0.1, -0.05) is 13.0 Å². The number of nitrogens with zero attached hydrogens (tertiary/aromatic N) is 2. The molecule has 0 saturated heterocycles. The van der Waals surface area contributed by atoms with Crippen molar-refractivity contribution in [1.29, 1.82) is 0 Å². The predicted molar refractivity (Wildman–Crippen MR) is 79.1 cm³/mol. The average Bonchev–Trinajstić information content (AvgIpc) is 2.70. The van der Waals surface area contributed by atoms with Crippen molar-refractivity contribution >= 4 is 15.7 Å². The number of imidazole rings is 1. The molecule has 2 heterocycles. The van der Waals surface area contributed by atoms with Crippen LogP contribution in [0, 0.1) is 6.92 Å². The summed E-state index contributed by atoms with van der Waals surface area (Å²) in [6, 6.07) is 5.85. The van der Waals surface area contributed by atoms with Crippen LogP contribution < -0.4 is 10.0 Å². The fourth-order valence-electron chi connectivity index (χ4n) is 2.08. The van der Waals surface area contributed by atoms with Crippen LogP contribution in [0.5, 0.6) is 0 Å². The van der Waals surface area contributed by atoms with Gasteiger partial charge in [0.2, 0.25) is 10.0 Å². The average molecular weight is 296 g/mol. The van der Waals surface area contributed by atoms with Gasteiger partial charge in [-0.3, -0.25) is 0 Å². The summed E-state index contributed by atoms with van der Waals surface area (Å²) in [7, 11) is -3.16. The monoisotopic (exact) mass is 296 g/mol. The molecule has 0 aliphatic rings. The summed E-state index contributed by atoms with van der Waals surface area (Å²) in [5, 5.41) is 3.16. The van der Waals surface area contributed by atoms with E-state index in [1.165, 1.54) is 0 Å². The number of fused-ring (bicyclic) bond motifs is 1. The Morgan fingerprint density at radius 2 is 2.15 bits per heavy atom. The van der Waals surface area contributed by atoms with Crippen LogP contribution in [-0.2, 0) is 16.6 Å². The summed E-state index contributed by atoms with van der Waals surface area (Å²) in [6.45, 7) is 5.16. The van der Waals surface area contributed by atoms with Crippen LogP contribution in [0.4, 0.5) is 0 Å². The highest BCUT2D eigenvalue weighted by molar-refractivity contribution is 7.89. The van der Waals surface area contributed by atoms with Crippen molar-refractivity contribution in [3.63, 3.8) is 0 Å². The molecular formula is C13H20N4O2S. The van der Waals surface area contributed by atoms with E-state index in [9.17, 15) is 8.42 Å². The summed E-state index contributed by atoms with van der Waals surface area (Å²) < 4.78 is 27.5. The number of nitrogens with one attached hydrogen (secondary N) is 2. The van der Waals surface area contributed by atoms with Crippen molar-refractivity contribution in [2.45, 2.75) is 20.4 Å². The van der Waals surface area contributed by atoms with Crippen molar-refractivity contribution in [2.75, 3.05) is 18.8 Å². The molecule has 0 aliphatic heterocycles. The Bertz CT molecular complexity index is 679. The molecule has 2 aromatic heterocycles. The molecule has 0 unspecified atom stereocenters. The Morgan fingerprint density at radius 3 is 2.90 bits per heavy atom. The van der Waals surface area contributed by atoms with Crippen LogP contribution in [0.3, 0.4) is 0 Å². The highest BCUT2D eigenvalue weighted by Gasteiger charge is 2.10. The van der Waals surface area contributed by atoms with Crippen molar-refractivity contribution in [2.24, 2.45) is 0 Å². The molecule has 7 heteroatoms. The minimum Gasteiger partial charge on any atom is -0.310 e. The Hall–Kier alpha value is -1.44. The normalized spacial score (nSPS) is 12.1. The molecule has 2 rings (SSSR count). The fraction of sp³-hybridized carbons (Fsp3) is 0.462. The second kappa shape index (κ2) is 6.34. The van der Waals surface area contributed by atoms with E-state index < -0.39 is 10.0 Å². The summed E-state index contributed by atoms with van der Waals surface area (Å²) in [6.07, 6.45) is 1.96. The quantitative estimate of drug-likeness (QED) is 0.737. The summed E-state index contributed by atoms with van der Waals surface area (Å²) >= 11 is 0. The molecule has 0 saturated carbocycles.